The second-order valence-electron chi connectivity index (χ2n) is 3.41. The fourth-order valence-corrected chi connectivity index (χ4v) is 1.48. The van der Waals surface area contributed by atoms with Crippen molar-refractivity contribution in [2.24, 2.45) is 5.73 Å². The van der Waals surface area contributed by atoms with Crippen molar-refractivity contribution in [2.45, 2.75) is 26.4 Å². The summed E-state index contributed by atoms with van der Waals surface area (Å²) in [6.07, 6.45) is 0. The normalized spacial score (nSPS) is 12.8. The van der Waals surface area contributed by atoms with Gasteiger partial charge >= 0.3 is 0 Å². The summed E-state index contributed by atoms with van der Waals surface area (Å²) in [5.74, 6) is -0.402. The SMILES string of the molecule is CNC(Cn1nc(C)c(Cl)c1C)C(N)=O. The number of nitrogens with one attached hydrogen (secondary N) is 1. The Kier molecular flexibility index (Phi) is 3.71. The van der Waals surface area contributed by atoms with Crippen LogP contribution in [-0.2, 0) is 11.3 Å². The molecule has 0 aromatic carbocycles. The van der Waals surface area contributed by atoms with Crippen LogP contribution < -0.4 is 11.1 Å². The van der Waals surface area contributed by atoms with E-state index in [-0.39, 0.29) is 0 Å². The average molecular weight is 231 g/mol. The Balaban J connectivity index is 2.88. The number of likely N-dealkylation sites (N-methyl/N-ethyl adjacent to an activating group) is 1. The zero-order chi connectivity index (χ0) is 11.6. The smallest absolute Gasteiger partial charge is 0.236 e. The molecule has 84 valence electrons. The topological polar surface area (TPSA) is 72.9 Å². The summed E-state index contributed by atoms with van der Waals surface area (Å²) in [5, 5.41) is 7.68. The fourth-order valence-electron chi connectivity index (χ4n) is 1.35. The minimum atomic E-state index is -0.431. The molecule has 1 atom stereocenters. The van der Waals surface area contributed by atoms with Crippen molar-refractivity contribution in [1.29, 1.82) is 0 Å². The number of nitrogens with two attached hydrogens (primary N) is 1. The molecule has 1 heterocycles. The fraction of sp³-hybridized carbons (Fsp3) is 0.556. The summed E-state index contributed by atoms with van der Waals surface area (Å²) < 4.78 is 1.68. The number of amides is 1. The van der Waals surface area contributed by atoms with Gasteiger partial charge in [0.1, 0.15) is 6.04 Å². The van der Waals surface area contributed by atoms with E-state index in [0.29, 0.717) is 11.6 Å². The monoisotopic (exact) mass is 230 g/mol. The molecule has 1 amide bonds. The van der Waals surface area contributed by atoms with Gasteiger partial charge < -0.3 is 11.1 Å². The lowest BCUT2D eigenvalue weighted by Crippen LogP contribution is -2.42. The summed E-state index contributed by atoms with van der Waals surface area (Å²) in [5.41, 5.74) is 6.82. The standard InChI is InChI=1S/C9H15ClN4O/c1-5-8(10)6(2)14(13-5)4-7(12-3)9(11)15/h7,12H,4H2,1-3H3,(H2,11,15). The van der Waals surface area contributed by atoms with Crippen LogP contribution in [0.25, 0.3) is 0 Å². The number of hydrogen-bond acceptors (Lipinski definition) is 3. The van der Waals surface area contributed by atoms with E-state index in [1.165, 1.54) is 0 Å². The maximum atomic E-state index is 11.0. The lowest BCUT2D eigenvalue weighted by atomic mass is 10.3. The van der Waals surface area contributed by atoms with Gasteiger partial charge in [-0.1, -0.05) is 11.6 Å². The lowest BCUT2D eigenvalue weighted by Gasteiger charge is -2.13. The van der Waals surface area contributed by atoms with E-state index >= 15 is 0 Å². The molecule has 0 aliphatic rings. The van der Waals surface area contributed by atoms with Gasteiger partial charge in [-0.15, -0.1) is 0 Å². The highest BCUT2D eigenvalue weighted by atomic mass is 35.5. The van der Waals surface area contributed by atoms with Crippen LogP contribution in [0.2, 0.25) is 5.02 Å². The molecule has 0 aliphatic heterocycles. The number of rotatable bonds is 4. The molecule has 0 aliphatic carbocycles. The maximum absolute atomic E-state index is 11.0. The largest absolute Gasteiger partial charge is 0.368 e. The predicted octanol–water partition coefficient (Wildman–Crippen LogP) is 0.227. The van der Waals surface area contributed by atoms with Crippen molar-refractivity contribution in [1.82, 2.24) is 15.1 Å². The first-order valence-corrected chi connectivity index (χ1v) is 5.01. The van der Waals surface area contributed by atoms with Gasteiger partial charge in [-0.3, -0.25) is 9.48 Å². The van der Waals surface area contributed by atoms with Crippen LogP contribution in [0, 0.1) is 13.8 Å². The number of aryl methyl sites for hydroxylation is 1. The van der Waals surface area contributed by atoms with Gasteiger partial charge in [0.15, 0.2) is 0 Å². The number of nitrogens with zero attached hydrogens (tertiary/aromatic N) is 2. The van der Waals surface area contributed by atoms with Crippen molar-refractivity contribution < 1.29 is 4.79 Å². The molecule has 0 fully saturated rings. The molecule has 1 aromatic heterocycles. The highest BCUT2D eigenvalue weighted by Crippen LogP contribution is 2.18. The van der Waals surface area contributed by atoms with Gasteiger partial charge in [0.2, 0.25) is 5.91 Å². The van der Waals surface area contributed by atoms with Gasteiger partial charge in [0.25, 0.3) is 0 Å². The molecule has 1 unspecified atom stereocenters. The molecule has 1 rings (SSSR count). The first-order valence-electron chi connectivity index (χ1n) is 4.63. The predicted molar refractivity (Wildman–Crippen MR) is 58.8 cm³/mol. The summed E-state index contributed by atoms with van der Waals surface area (Å²) in [7, 11) is 1.68. The molecule has 0 spiro atoms. The van der Waals surface area contributed by atoms with Crippen LogP contribution in [0.3, 0.4) is 0 Å². The van der Waals surface area contributed by atoms with Gasteiger partial charge in [-0.05, 0) is 20.9 Å². The van der Waals surface area contributed by atoms with Crippen LogP contribution in [0.4, 0.5) is 0 Å². The summed E-state index contributed by atoms with van der Waals surface area (Å²) >= 11 is 5.98. The number of primary amides is 1. The molecule has 0 bridgehead atoms. The Morgan fingerprint density at radius 3 is 2.60 bits per heavy atom. The van der Waals surface area contributed by atoms with E-state index in [9.17, 15) is 4.79 Å². The van der Waals surface area contributed by atoms with Crippen molar-refractivity contribution in [3.63, 3.8) is 0 Å². The zero-order valence-corrected chi connectivity index (χ0v) is 9.80. The van der Waals surface area contributed by atoms with E-state index in [4.69, 9.17) is 17.3 Å². The minimum absolute atomic E-state index is 0.394. The third-order valence-electron chi connectivity index (χ3n) is 2.34. The van der Waals surface area contributed by atoms with Crippen LogP contribution in [0.5, 0.6) is 0 Å². The van der Waals surface area contributed by atoms with Crippen molar-refractivity contribution in [3.8, 4) is 0 Å². The number of hydrogen-bond donors (Lipinski definition) is 2. The molecule has 1 aromatic rings. The second kappa shape index (κ2) is 4.63. The van der Waals surface area contributed by atoms with Crippen LogP contribution in [0.1, 0.15) is 11.4 Å². The number of halogens is 1. The summed E-state index contributed by atoms with van der Waals surface area (Å²) in [6.45, 7) is 4.08. The highest BCUT2D eigenvalue weighted by molar-refractivity contribution is 6.31. The number of carbonyl (C=O) groups excluding carboxylic acids is 1. The Hall–Kier alpha value is -1.07. The van der Waals surface area contributed by atoms with Crippen LogP contribution in [-0.4, -0.2) is 28.8 Å². The van der Waals surface area contributed by atoms with E-state index in [1.807, 2.05) is 13.8 Å². The summed E-state index contributed by atoms with van der Waals surface area (Å²) in [4.78, 5) is 11.0. The van der Waals surface area contributed by atoms with Crippen molar-refractivity contribution >= 4 is 17.5 Å². The average Bonchev–Trinajstić information content (AvgIpc) is 2.42. The lowest BCUT2D eigenvalue weighted by molar-refractivity contribution is -0.120. The minimum Gasteiger partial charge on any atom is -0.368 e. The molecule has 0 saturated carbocycles. The molecule has 0 radical (unpaired) electrons. The molecular formula is C9H15ClN4O. The first kappa shape index (κ1) is 12.0. The molecule has 0 saturated heterocycles. The number of carbonyl (C=O) groups is 1. The molecule has 15 heavy (non-hydrogen) atoms. The highest BCUT2D eigenvalue weighted by Gasteiger charge is 2.17. The molecule has 6 heteroatoms. The third kappa shape index (κ3) is 2.49. The second-order valence-corrected chi connectivity index (χ2v) is 3.79. The van der Waals surface area contributed by atoms with E-state index in [1.54, 1.807) is 11.7 Å². The Bertz CT molecular complexity index is 374. The maximum Gasteiger partial charge on any atom is 0.236 e. The van der Waals surface area contributed by atoms with Crippen molar-refractivity contribution in [3.05, 3.63) is 16.4 Å². The van der Waals surface area contributed by atoms with Gasteiger partial charge in [-0.25, -0.2) is 0 Å². The Morgan fingerprint density at radius 1 is 1.67 bits per heavy atom. The first-order chi connectivity index (χ1) is 6.97. The van der Waals surface area contributed by atoms with Gasteiger partial charge in [0.05, 0.1) is 23.0 Å². The molecule has 5 nitrogen and oxygen atoms in total. The van der Waals surface area contributed by atoms with E-state index in [2.05, 4.69) is 10.4 Å². The van der Waals surface area contributed by atoms with Crippen LogP contribution >= 0.6 is 11.6 Å². The number of aromatic nitrogens is 2. The van der Waals surface area contributed by atoms with Crippen molar-refractivity contribution in [2.75, 3.05) is 7.05 Å². The van der Waals surface area contributed by atoms with Crippen LogP contribution in [0.15, 0.2) is 0 Å². The van der Waals surface area contributed by atoms with Gasteiger partial charge in [-0.2, -0.15) is 5.10 Å². The molecule has 3 N–H and O–H groups in total. The Morgan fingerprint density at radius 2 is 2.27 bits per heavy atom. The van der Waals surface area contributed by atoms with E-state index in [0.717, 1.165) is 11.4 Å². The molecular weight excluding hydrogens is 216 g/mol. The van der Waals surface area contributed by atoms with Gasteiger partial charge in [0, 0.05) is 0 Å². The van der Waals surface area contributed by atoms with E-state index < -0.39 is 11.9 Å². The Labute approximate surface area is 93.6 Å². The third-order valence-corrected chi connectivity index (χ3v) is 2.89. The quantitative estimate of drug-likeness (QED) is 0.778. The zero-order valence-electron chi connectivity index (χ0n) is 9.04. The summed E-state index contributed by atoms with van der Waals surface area (Å²) in [6, 6.07) is -0.431.